The van der Waals surface area contributed by atoms with Crippen molar-refractivity contribution in [1.29, 1.82) is 0 Å². The Hall–Kier alpha value is -2.28. The molecule has 3 rings (SSSR count). The Morgan fingerprint density at radius 3 is 2.68 bits per heavy atom. The van der Waals surface area contributed by atoms with Gasteiger partial charge in [-0.25, -0.2) is 4.79 Å². The minimum atomic E-state index is -0.897. The second kappa shape index (κ2) is 6.92. The molecule has 0 unspecified atom stereocenters. The van der Waals surface area contributed by atoms with Crippen molar-refractivity contribution in [3.8, 4) is 0 Å². The van der Waals surface area contributed by atoms with Crippen LogP contribution in [0, 0.1) is 0 Å². The molecule has 0 aromatic heterocycles. The predicted octanol–water partition coefficient (Wildman–Crippen LogP) is 2.53. The highest BCUT2D eigenvalue weighted by Gasteiger charge is 2.58. The van der Waals surface area contributed by atoms with Crippen LogP contribution in [0.5, 0.6) is 0 Å². The van der Waals surface area contributed by atoms with E-state index in [0.29, 0.717) is 6.54 Å². The molecule has 1 heterocycles. The van der Waals surface area contributed by atoms with E-state index in [1.807, 2.05) is 42.5 Å². The van der Waals surface area contributed by atoms with E-state index in [1.54, 1.807) is 4.90 Å². The number of carbonyl (C=O) groups excluding carboxylic acids is 3. The molecule has 1 spiro atoms. The van der Waals surface area contributed by atoms with Crippen LogP contribution in [0.15, 0.2) is 42.5 Å². The number of esters is 1. The zero-order valence-electron chi connectivity index (χ0n) is 14.0. The van der Waals surface area contributed by atoms with E-state index >= 15 is 0 Å². The first-order chi connectivity index (χ1) is 11.9. The largest absolute Gasteiger partial charge is 0.458 e. The van der Waals surface area contributed by atoms with Crippen molar-refractivity contribution >= 4 is 28.9 Å². The Kier molecular flexibility index (Phi) is 4.85. The number of amides is 1. The summed E-state index contributed by atoms with van der Waals surface area (Å²) in [6.45, 7) is 3.20. The average Bonchev–Trinajstić information content (AvgIpc) is 3.05. The lowest BCUT2D eigenvalue weighted by molar-refractivity contribution is -0.150. The highest BCUT2D eigenvalue weighted by Crippen LogP contribution is 2.42. The fraction of sp³-hybridized carbons (Fsp3) is 0.389. The molecule has 25 heavy (non-hydrogen) atoms. The third kappa shape index (κ3) is 3.42. The Balaban J connectivity index is 1.92. The van der Waals surface area contributed by atoms with Gasteiger partial charge in [0.1, 0.15) is 18.2 Å². The van der Waals surface area contributed by atoms with Gasteiger partial charge in [-0.1, -0.05) is 54.2 Å². The Bertz CT molecular complexity index is 719. The van der Waals surface area contributed by atoms with E-state index in [0.717, 1.165) is 17.3 Å². The van der Waals surface area contributed by atoms with Crippen molar-refractivity contribution in [2.45, 2.75) is 37.3 Å². The summed E-state index contributed by atoms with van der Waals surface area (Å²) in [4.78, 5) is 37.1. The van der Waals surface area contributed by atoms with Gasteiger partial charge in [0.15, 0.2) is 5.12 Å². The molecule has 1 aromatic carbocycles. The molecule has 1 aromatic rings. The average molecular weight is 361 g/mol. The molecule has 0 radical (unpaired) electrons. The fourth-order valence-electron chi connectivity index (χ4n) is 3.24. The van der Waals surface area contributed by atoms with Crippen LogP contribution in [0.25, 0.3) is 0 Å². The number of hydrogen-bond acceptors (Lipinski definition) is 6. The second-order valence-electron chi connectivity index (χ2n) is 6.08. The molecule has 1 saturated heterocycles. The number of hydrogen-bond donors (Lipinski definition) is 0. The third-order valence-electron chi connectivity index (χ3n) is 4.29. The number of rotatable bonds is 4. The number of cyclic esters (lactones) is 1. The van der Waals surface area contributed by atoms with E-state index in [-0.39, 0.29) is 17.0 Å². The van der Waals surface area contributed by atoms with Gasteiger partial charge in [-0.05, 0) is 5.56 Å². The summed E-state index contributed by atoms with van der Waals surface area (Å²) in [6, 6.07) is 9.52. The molecule has 2 aliphatic rings. The van der Waals surface area contributed by atoms with Gasteiger partial charge in [-0.2, -0.15) is 0 Å². The van der Waals surface area contributed by atoms with Gasteiger partial charge in [0.05, 0.1) is 11.8 Å². The Morgan fingerprint density at radius 2 is 2.04 bits per heavy atom. The van der Waals surface area contributed by atoms with E-state index in [9.17, 15) is 14.4 Å². The normalized spacial score (nSPS) is 27.6. The second-order valence-corrected chi connectivity index (χ2v) is 7.44. The van der Waals surface area contributed by atoms with Gasteiger partial charge >= 0.3 is 12.1 Å². The summed E-state index contributed by atoms with van der Waals surface area (Å²) >= 11 is 1.09. The third-order valence-corrected chi connectivity index (χ3v) is 5.30. The quantitative estimate of drug-likeness (QED) is 0.606. The molecule has 7 heteroatoms. The van der Waals surface area contributed by atoms with E-state index in [1.165, 1.54) is 13.8 Å². The minimum Gasteiger partial charge on any atom is -0.458 e. The number of nitrogens with zero attached hydrogens (tertiary/aromatic N) is 1. The van der Waals surface area contributed by atoms with Crippen LogP contribution in [0.2, 0.25) is 0 Å². The molecule has 1 amide bonds. The lowest BCUT2D eigenvalue weighted by Gasteiger charge is -2.37. The number of ether oxygens (including phenoxy) is 2. The van der Waals surface area contributed by atoms with Gasteiger partial charge in [0.25, 0.3) is 0 Å². The summed E-state index contributed by atoms with van der Waals surface area (Å²) in [5, 5.41) is -0.433. The van der Waals surface area contributed by atoms with Gasteiger partial charge < -0.3 is 9.47 Å². The lowest BCUT2D eigenvalue weighted by atomic mass is 9.94. The van der Waals surface area contributed by atoms with E-state index in [2.05, 4.69) is 0 Å². The predicted molar refractivity (Wildman–Crippen MR) is 92.8 cm³/mol. The zero-order valence-corrected chi connectivity index (χ0v) is 14.8. The fourth-order valence-corrected chi connectivity index (χ4v) is 4.19. The van der Waals surface area contributed by atoms with E-state index in [4.69, 9.17) is 9.47 Å². The summed E-state index contributed by atoms with van der Waals surface area (Å²) in [7, 11) is 0. The molecule has 6 nitrogen and oxygen atoms in total. The first-order valence-electron chi connectivity index (χ1n) is 7.94. The molecule has 1 aliphatic carbocycles. The zero-order chi connectivity index (χ0) is 18.0. The monoisotopic (exact) mass is 361 g/mol. The summed E-state index contributed by atoms with van der Waals surface area (Å²) in [5.74, 6) is -0.457. The molecule has 1 fully saturated rings. The van der Waals surface area contributed by atoms with Gasteiger partial charge in [0, 0.05) is 13.8 Å². The molecule has 0 N–H and O–H groups in total. The van der Waals surface area contributed by atoms with Crippen molar-refractivity contribution in [2.24, 2.45) is 0 Å². The smallest absolute Gasteiger partial charge is 0.411 e. The van der Waals surface area contributed by atoms with Crippen molar-refractivity contribution in [1.82, 2.24) is 4.90 Å². The SMILES string of the molecule is CC(=O)O[C@H]1[C@@H](SC(C)=O)C=C[C@@]12COC(=O)N2Cc1ccccc1. The summed E-state index contributed by atoms with van der Waals surface area (Å²) < 4.78 is 10.8. The molecule has 0 bridgehead atoms. The Morgan fingerprint density at radius 1 is 1.32 bits per heavy atom. The molecule has 0 saturated carbocycles. The van der Waals surface area contributed by atoms with Crippen LogP contribution >= 0.6 is 11.8 Å². The molecule has 3 atom stereocenters. The highest BCUT2D eigenvalue weighted by molar-refractivity contribution is 8.14. The first-order valence-corrected chi connectivity index (χ1v) is 8.82. The van der Waals surface area contributed by atoms with Crippen LogP contribution < -0.4 is 0 Å². The molecular weight excluding hydrogens is 342 g/mol. The molecule has 1 aliphatic heterocycles. The van der Waals surface area contributed by atoms with Crippen LogP contribution in [0.1, 0.15) is 19.4 Å². The van der Waals surface area contributed by atoms with Crippen molar-refractivity contribution in [2.75, 3.05) is 6.61 Å². The van der Waals surface area contributed by atoms with Crippen LogP contribution in [0.4, 0.5) is 4.79 Å². The topological polar surface area (TPSA) is 72.9 Å². The summed E-state index contributed by atoms with van der Waals surface area (Å²) in [5.41, 5.74) is 0.0458. The highest BCUT2D eigenvalue weighted by atomic mass is 32.2. The Labute approximate surface area is 150 Å². The standard InChI is InChI=1S/C18H19NO5S/c1-12(20)24-16-15(25-13(2)21)8-9-18(16)11-23-17(22)19(18)10-14-6-4-3-5-7-14/h3-9,15-16H,10-11H2,1-2H3/t15-,16-,18+/m0/s1. The van der Waals surface area contributed by atoms with E-state index < -0.39 is 23.7 Å². The van der Waals surface area contributed by atoms with Crippen molar-refractivity contribution < 1.29 is 23.9 Å². The van der Waals surface area contributed by atoms with Crippen LogP contribution in [-0.2, 0) is 25.6 Å². The minimum absolute atomic E-state index is 0.0799. The van der Waals surface area contributed by atoms with Gasteiger partial charge in [0.2, 0.25) is 0 Å². The molecule has 132 valence electrons. The maximum atomic E-state index is 12.4. The van der Waals surface area contributed by atoms with Crippen molar-refractivity contribution in [3.63, 3.8) is 0 Å². The number of benzene rings is 1. The maximum absolute atomic E-state index is 12.4. The molecular formula is C18H19NO5S. The number of carbonyl (C=O) groups is 3. The summed E-state index contributed by atoms with van der Waals surface area (Å²) in [6.07, 6.45) is 2.52. The van der Waals surface area contributed by atoms with Crippen LogP contribution in [0.3, 0.4) is 0 Å². The van der Waals surface area contributed by atoms with Crippen molar-refractivity contribution in [3.05, 3.63) is 48.0 Å². The lowest BCUT2D eigenvalue weighted by Crippen LogP contribution is -2.55. The van der Waals surface area contributed by atoms with Gasteiger partial charge in [-0.3, -0.25) is 14.5 Å². The number of thioether (sulfide) groups is 1. The maximum Gasteiger partial charge on any atom is 0.411 e. The first kappa shape index (κ1) is 17.5. The van der Waals surface area contributed by atoms with Gasteiger partial charge in [-0.15, -0.1) is 0 Å². The van der Waals surface area contributed by atoms with Crippen LogP contribution in [-0.4, -0.2) is 45.6 Å².